The minimum Gasteiger partial charge on any atom is -0.260 e. The Labute approximate surface area is 111 Å². The highest BCUT2D eigenvalue weighted by Gasteiger charge is 2.11. The maximum absolute atomic E-state index is 4.57. The lowest BCUT2D eigenvalue weighted by Crippen LogP contribution is -1.98. The van der Waals surface area contributed by atoms with Crippen molar-refractivity contribution < 1.29 is 0 Å². The molecule has 0 spiro atoms. The second kappa shape index (κ2) is 4.72. The lowest BCUT2D eigenvalue weighted by atomic mass is 10.0. The highest BCUT2D eigenvalue weighted by molar-refractivity contribution is 5.75. The Hall–Kier alpha value is -2.36. The van der Waals surface area contributed by atoms with Gasteiger partial charge in [0.25, 0.3) is 0 Å². The second-order valence-corrected chi connectivity index (χ2v) is 4.69. The van der Waals surface area contributed by atoms with E-state index in [2.05, 4.69) is 33.8 Å². The van der Waals surface area contributed by atoms with Crippen LogP contribution in [-0.2, 0) is 0 Å². The third kappa shape index (κ3) is 2.17. The molecule has 0 unspecified atom stereocenters. The number of nitrogens with zero attached hydrogens (tertiary/aromatic N) is 4. The molecule has 4 nitrogen and oxygen atoms in total. The zero-order valence-corrected chi connectivity index (χ0v) is 10.9. The van der Waals surface area contributed by atoms with Gasteiger partial charge in [-0.1, -0.05) is 13.8 Å². The van der Waals surface area contributed by atoms with Crippen molar-refractivity contribution in [1.29, 1.82) is 0 Å². The van der Waals surface area contributed by atoms with Gasteiger partial charge in [0.1, 0.15) is 5.52 Å². The first-order valence-corrected chi connectivity index (χ1v) is 6.29. The summed E-state index contributed by atoms with van der Waals surface area (Å²) in [6.07, 6.45) is 5.15. The van der Waals surface area contributed by atoms with E-state index in [0.29, 0.717) is 11.6 Å². The zero-order chi connectivity index (χ0) is 13.2. The fourth-order valence-electron chi connectivity index (χ4n) is 2.10. The Morgan fingerprint density at radius 1 is 0.895 bits per heavy atom. The number of hydrogen-bond acceptors (Lipinski definition) is 4. The third-order valence-corrected chi connectivity index (χ3v) is 2.99. The highest BCUT2D eigenvalue weighted by atomic mass is 14.9. The third-order valence-electron chi connectivity index (χ3n) is 2.99. The monoisotopic (exact) mass is 250 g/mol. The van der Waals surface area contributed by atoms with E-state index in [0.717, 1.165) is 22.5 Å². The van der Waals surface area contributed by atoms with Crippen LogP contribution in [0.5, 0.6) is 0 Å². The van der Waals surface area contributed by atoms with E-state index < -0.39 is 0 Å². The van der Waals surface area contributed by atoms with E-state index in [9.17, 15) is 0 Å². The first-order valence-electron chi connectivity index (χ1n) is 6.29. The van der Waals surface area contributed by atoms with Crippen molar-refractivity contribution in [3.8, 4) is 11.3 Å². The molecule has 3 aromatic heterocycles. The minimum absolute atomic E-state index is 0.357. The molecule has 3 aromatic rings. The maximum atomic E-state index is 4.57. The van der Waals surface area contributed by atoms with E-state index in [1.54, 1.807) is 12.4 Å². The number of fused-ring (bicyclic) bond motifs is 1. The van der Waals surface area contributed by atoms with E-state index >= 15 is 0 Å². The van der Waals surface area contributed by atoms with Crippen molar-refractivity contribution in [2.45, 2.75) is 19.8 Å². The van der Waals surface area contributed by atoms with Crippen molar-refractivity contribution in [1.82, 2.24) is 19.9 Å². The molecule has 0 fully saturated rings. The van der Waals surface area contributed by atoms with Crippen molar-refractivity contribution in [2.24, 2.45) is 0 Å². The van der Waals surface area contributed by atoms with Gasteiger partial charge in [-0.15, -0.1) is 0 Å². The molecule has 0 radical (unpaired) electrons. The van der Waals surface area contributed by atoms with Gasteiger partial charge < -0.3 is 0 Å². The summed E-state index contributed by atoms with van der Waals surface area (Å²) in [5.74, 6) is 0.357. The average molecular weight is 250 g/mol. The van der Waals surface area contributed by atoms with Gasteiger partial charge in [0.05, 0.1) is 11.4 Å². The van der Waals surface area contributed by atoms with E-state index in [-0.39, 0.29) is 0 Å². The van der Waals surface area contributed by atoms with Crippen LogP contribution in [0.4, 0.5) is 0 Å². The number of pyridine rings is 2. The van der Waals surface area contributed by atoms with Crippen LogP contribution in [-0.4, -0.2) is 19.9 Å². The molecule has 3 heterocycles. The SMILES string of the molecule is CC(C)c1ncccc1-c1ccc2nccnc2n1. The first kappa shape index (κ1) is 11.7. The smallest absolute Gasteiger partial charge is 0.178 e. The molecule has 0 aliphatic carbocycles. The normalized spacial score (nSPS) is 11.1. The lowest BCUT2D eigenvalue weighted by Gasteiger charge is -2.10. The van der Waals surface area contributed by atoms with Gasteiger partial charge in [-0.2, -0.15) is 0 Å². The molecule has 19 heavy (non-hydrogen) atoms. The molecule has 0 saturated heterocycles. The molecular formula is C15H14N4. The van der Waals surface area contributed by atoms with Crippen LogP contribution in [0, 0.1) is 0 Å². The maximum Gasteiger partial charge on any atom is 0.178 e. The molecule has 0 aromatic carbocycles. The summed E-state index contributed by atoms with van der Waals surface area (Å²) in [4.78, 5) is 17.5. The first-order chi connectivity index (χ1) is 9.25. The minimum atomic E-state index is 0.357. The summed E-state index contributed by atoms with van der Waals surface area (Å²) in [7, 11) is 0. The quantitative estimate of drug-likeness (QED) is 0.700. The Kier molecular flexibility index (Phi) is 2.91. The van der Waals surface area contributed by atoms with Crippen molar-refractivity contribution in [2.75, 3.05) is 0 Å². The molecule has 0 aliphatic heterocycles. The van der Waals surface area contributed by atoms with E-state index in [1.807, 2.05) is 30.5 Å². The summed E-state index contributed by atoms with van der Waals surface area (Å²) in [5.41, 5.74) is 4.48. The molecule has 0 bridgehead atoms. The molecule has 3 rings (SSSR count). The summed E-state index contributed by atoms with van der Waals surface area (Å²) in [6.45, 7) is 4.26. The van der Waals surface area contributed by atoms with Crippen LogP contribution in [0.2, 0.25) is 0 Å². The number of aromatic nitrogens is 4. The molecule has 0 N–H and O–H groups in total. The van der Waals surface area contributed by atoms with Crippen LogP contribution in [0.3, 0.4) is 0 Å². The van der Waals surface area contributed by atoms with Crippen LogP contribution < -0.4 is 0 Å². The van der Waals surface area contributed by atoms with Crippen molar-refractivity contribution in [3.05, 3.63) is 48.5 Å². The molecular weight excluding hydrogens is 236 g/mol. The van der Waals surface area contributed by atoms with Gasteiger partial charge in [-0.3, -0.25) is 9.97 Å². The van der Waals surface area contributed by atoms with Gasteiger partial charge in [-0.25, -0.2) is 9.97 Å². The van der Waals surface area contributed by atoms with E-state index in [4.69, 9.17) is 0 Å². The Morgan fingerprint density at radius 3 is 2.58 bits per heavy atom. The summed E-state index contributed by atoms with van der Waals surface area (Å²) < 4.78 is 0. The lowest BCUT2D eigenvalue weighted by molar-refractivity contribution is 0.825. The van der Waals surface area contributed by atoms with Crippen molar-refractivity contribution in [3.63, 3.8) is 0 Å². The molecule has 0 atom stereocenters. The summed E-state index contributed by atoms with van der Waals surface area (Å²) in [6, 6.07) is 7.90. The van der Waals surface area contributed by atoms with Gasteiger partial charge in [0.15, 0.2) is 5.65 Å². The number of rotatable bonds is 2. The van der Waals surface area contributed by atoms with Crippen molar-refractivity contribution >= 4 is 11.2 Å². The Morgan fingerprint density at radius 2 is 1.74 bits per heavy atom. The molecule has 0 aliphatic rings. The second-order valence-electron chi connectivity index (χ2n) is 4.69. The van der Waals surface area contributed by atoms with E-state index in [1.165, 1.54) is 0 Å². The Balaban J connectivity index is 2.19. The summed E-state index contributed by atoms with van der Waals surface area (Å²) >= 11 is 0. The zero-order valence-electron chi connectivity index (χ0n) is 10.9. The molecule has 94 valence electrons. The largest absolute Gasteiger partial charge is 0.260 e. The Bertz CT molecular complexity index is 722. The highest BCUT2D eigenvalue weighted by Crippen LogP contribution is 2.26. The molecule has 0 amide bonds. The fraction of sp³-hybridized carbons (Fsp3) is 0.200. The van der Waals surface area contributed by atoms with Crippen LogP contribution >= 0.6 is 0 Å². The topological polar surface area (TPSA) is 51.6 Å². The van der Waals surface area contributed by atoms with Crippen LogP contribution in [0.15, 0.2) is 42.9 Å². The van der Waals surface area contributed by atoms with Gasteiger partial charge in [-0.05, 0) is 30.2 Å². The van der Waals surface area contributed by atoms with Gasteiger partial charge >= 0.3 is 0 Å². The number of hydrogen-bond donors (Lipinski definition) is 0. The van der Waals surface area contributed by atoms with Crippen LogP contribution in [0.1, 0.15) is 25.5 Å². The van der Waals surface area contributed by atoms with Crippen LogP contribution in [0.25, 0.3) is 22.4 Å². The van der Waals surface area contributed by atoms with Gasteiger partial charge in [0.2, 0.25) is 0 Å². The van der Waals surface area contributed by atoms with Gasteiger partial charge in [0, 0.05) is 24.2 Å². The predicted octanol–water partition coefficient (Wildman–Crippen LogP) is 3.21. The molecule has 4 heteroatoms. The fourth-order valence-corrected chi connectivity index (χ4v) is 2.10. The average Bonchev–Trinajstić information content (AvgIpc) is 2.46. The molecule has 0 saturated carbocycles. The predicted molar refractivity (Wildman–Crippen MR) is 74.7 cm³/mol. The summed E-state index contributed by atoms with van der Waals surface area (Å²) in [5, 5.41) is 0. The standard InChI is InChI=1S/C15H14N4/c1-10(2)14-11(4-3-7-17-14)12-5-6-13-15(19-12)18-9-8-16-13/h3-10H,1-2H3.